The lowest BCUT2D eigenvalue weighted by Gasteiger charge is -2.09. The number of carbonyl (C=O) groups excluding carboxylic acids is 1. The van der Waals surface area contributed by atoms with Gasteiger partial charge in [0, 0.05) is 16.2 Å². The van der Waals surface area contributed by atoms with Gasteiger partial charge in [-0.1, -0.05) is 58.5 Å². The summed E-state index contributed by atoms with van der Waals surface area (Å²) in [5, 5.41) is 8.73. The summed E-state index contributed by atoms with van der Waals surface area (Å²) in [6, 6.07) is 13.7. The summed E-state index contributed by atoms with van der Waals surface area (Å²) in [6.45, 7) is 0.539. The third-order valence-electron chi connectivity index (χ3n) is 4.41. The molecule has 0 fully saturated rings. The molecule has 0 atom stereocenters. The summed E-state index contributed by atoms with van der Waals surface area (Å²) in [7, 11) is 0. The number of ether oxygens (including phenoxy) is 1. The predicted molar refractivity (Wildman–Crippen MR) is 133 cm³/mol. The van der Waals surface area contributed by atoms with Gasteiger partial charge in [-0.3, -0.25) is 9.48 Å². The monoisotopic (exact) mass is 587 g/mol. The molecule has 0 bridgehead atoms. The lowest BCUT2D eigenvalue weighted by molar-refractivity contribution is 0.0992. The molecule has 2 aromatic carbocycles. The number of carbonyl (C=O) groups is 1. The maximum Gasteiger partial charge on any atom is 0.292 e. The number of rotatable bonds is 7. The SMILES string of the molecule is O=C(Nc1nn(Cc2ccc(Cl)cc2)cc1Br)c1ccc(COc2c(Cl)cc(Cl)cc2Cl)o1. The van der Waals surface area contributed by atoms with Crippen LogP contribution in [0.2, 0.25) is 20.1 Å². The van der Waals surface area contributed by atoms with Crippen LogP contribution in [0.25, 0.3) is 0 Å². The molecule has 0 saturated carbocycles. The average Bonchev–Trinajstić information content (AvgIpc) is 3.36. The first-order valence-electron chi connectivity index (χ1n) is 9.43. The fourth-order valence-electron chi connectivity index (χ4n) is 2.90. The van der Waals surface area contributed by atoms with Crippen LogP contribution in [0.3, 0.4) is 0 Å². The van der Waals surface area contributed by atoms with Gasteiger partial charge in [-0.25, -0.2) is 0 Å². The second-order valence-corrected chi connectivity index (χ2v) is 9.40. The van der Waals surface area contributed by atoms with Crippen molar-refractivity contribution in [1.29, 1.82) is 0 Å². The Kier molecular flexibility index (Phi) is 7.56. The van der Waals surface area contributed by atoms with Gasteiger partial charge in [0.05, 0.1) is 21.1 Å². The van der Waals surface area contributed by atoms with Crippen molar-refractivity contribution in [2.75, 3.05) is 5.32 Å². The van der Waals surface area contributed by atoms with Gasteiger partial charge in [0.2, 0.25) is 0 Å². The summed E-state index contributed by atoms with van der Waals surface area (Å²) >= 11 is 27.5. The van der Waals surface area contributed by atoms with Crippen LogP contribution in [0.1, 0.15) is 21.9 Å². The molecular weight excluding hydrogens is 576 g/mol. The van der Waals surface area contributed by atoms with E-state index in [1.165, 1.54) is 18.2 Å². The smallest absolute Gasteiger partial charge is 0.292 e. The van der Waals surface area contributed by atoms with Crippen molar-refractivity contribution in [1.82, 2.24) is 9.78 Å². The quantitative estimate of drug-likeness (QED) is 0.239. The number of aromatic nitrogens is 2. The number of furan rings is 1. The topological polar surface area (TPSA) is 69.3 Å². The van der Waals surface area contributed by atoms with Gasteiger partial charge in [-0.2, -0.15) is 5.10 Å². The van der Waals surface area contributed by atoms with E-state index in [1.807, 2.05) is 24.3 Å². The fourth-order valence-corrected chi connectivity index (χ4v) is 4.36. The van der Waals surface area contributed by atoms with Crippen LogP contribution in [-0.2, 0) is 13.2 Å². The number of hydrogen-bond acceptors (Lipinski definition) is 4. The maximum absolute atomic E-state index is 12.6. The molecule has 2 aromatic heterocycles. The molecule has 0 saturated heterocycles. The molecule has 4 aromatic rings. The Morgan fingerprint density at radius 3 is 2.42 bits per heavy atom. The van der Waals surface area contributed by atoms with Gasteiger partial charge in [-0.15, -0.1) is 0 Å². The zero-order valence-electron chi connectivity index (χ0n) is 16.6. The number of hydrogen-bond donors (Lipinski definition) is 1. The van der Waals surface area contributed by atoms with Gasteiger partial charge in [0.15, 0.2) is 17.3 Å². The van der Waals surface area contributed by atoms with E-state index in [1.54, 1.807) is 16.9 Å². The third-order valence-corrected chi connectivity index (χ3v) is 6.03. The van der Waals surface area contributed by atoms with Crippen LogP contribution in [0.4, 0.5) is 5.82 Å². The molecule has 0 radical (unpaired) electrons. The minimum Gasteiger partial charge on any atom is -0.483 e. The van der Waals surface area contributed by atoms with Gasteiger partial charge in [0.25, 0.3) is 5.91 Å². The molecule has 0 unspecified atom stereocenters. The van der Waals surface area contributed by atoms with Crippen LogP contribution >= 0.6 is 62.3 Å². The van der Waals surface area contributed by atoms with E-state index in [2.05, 4.69) is 26.3 Å². The molecule has 11 heteroatoms. The highest BCUT2D eigenvalue weighted by molar-refractivity contribution is 9.10. The first kappa shape index (κ1) is 24.0. The molecule has 0 aliphatic carbocycles. The Labute approximate surface area is 217 Å². The number of halogens is 5. The zero-order valence-corrected chi connectivity index (χ0v) is 21.2. The third kappa shape index (κ3) is 6.05. The summed E-state index contributed by atoms with van der Waals surface area (Å²) < 4.78 is 13.5. The van der Waals surface area contributed by atoms with E-state index in [9.17, 15) is 4.79 Å². The number of amides is 1. The minimum absolute atomic E-state index is 0.0216. The van der Waals surface area contributed by atoms with E-state index in [0.29, 0.717) is 32.6 Å². The van der Waals surface area contributed by atoms with Crippen LogP contribution in [0.5, 0.6) is 5.75 Å². The molecule has 6 nitrogen and oxygen atoms in total. The first-order valence-corrected chi connectivity index (χ1v) is 11.7. The van der Waals surface area contributed by atoms with E-state index >= 15 is 0 Å². The van der Waals surface area contributed by atoms with Gasteiger partial charge >= 0.3 is 0 Å². The van der Waals surface area contributed by atoms with Crippen molar-refractivity contribution in [3.63, 3.8) is 0 Å². The first-order chi connectivity index (χ1) is 15.8. The molecule has 1 amide bonds. The molecule has 4 rings (SSSR count). The molecule has 170 valence electrons. The van der Waals surface area contributed by atoms with Gasteiger partial charge in [-0.05, 0) is 57.9 Å². The van der Waals surface area contributed by atoms with Crippen molar-refractivity contribution < 1.29 is 13.9 Å². The Balaban J connectivity index is 1.39. The van der Waals surface area contributed by atoms with Crippen LogP contribution in [0, 0.1) is 0 Å². The molecule has 2 heterocycles. The Morgan fingerprint density at radius 1 is 1.03 bits per heavy atom. The fraction of sp³-hybridized carbons (Fsp3) is 0.0909. The largest absolute Gasteiger partial charge is 0.483 e. The summed E-state index contributed by atoms with van der Waals surface area (Å²) in [4.78, 5) is 12.6. The normalized spacial score (nSPS) is 10.9. The van der Waals surface area contributed by atoms with E-state index in [0.717, 1.165) is 5.56 Å². The lowest BCUT2D eigenvalue weighted by atomic mass is 10.2. The number of benzene rings is 2. The van der Waals surface area contributed by atoms with Crippen molar-refractivity contribution in [2.24, 2.45) is 0 Å². The van der Waals surface area contributed by atoms with E-state index in [4.69, 9.17) is 55.6 Å². The summed E-state index contributed by atoms with van der Waals surface area (Å²) in [5.74, 6) is 0.694. The van der Waals surface area contributed by atoms with Crippen molar-refractivity contribution in [3.05, 3.63) is 96.4 Å². The van der Waals surface area contributed by atoms with Crippen LogP contribution in [0.15, 0.2) is 63.6 Å². The van der Waals surface area contributed by atoms with Crippen LogP contribution < -0.4 is 10.1 Å². The van der Waals surface area contributed by atoms with Gasteiger partial charge in [0.1, 0.15) is 12.4 Å². The summed E-state index contributed by atoms with van der Waals surface area (Å²) in [6.07, 6.45) is 1.77. The average molecular weight is 590 g/mol. The summed E-state index contributed by atoms with van der Waals surface area (Å²) in [5.41, 5.74) is 1.02. The highest BCUT2D eigenvalue weighted by atomic mass is 79.9. The van der Waals surface area contributed by atoms with Crippen LogP contribution in [-0.4, -0.2) is 15.7 Å². The molecule has 33 heavy (non-hydrogen) atoms. The van der Waals surface area contributed by atoms with E-state index < -0.39 is 5.91 Å². The standard InChI is InChI=1S/C22H14BrCl4N3O3/c23-16-10-30(9-12-1-3-13(24)4-2-12)29-21(16)28-22(31)19-6-5-15(33-19)11-32-20-17(26)7-14(25)8-18(20)27/h1-8,10H,9,11H2,(H,28,29,31). The number of nitrogens with one attached hydrogen (secondary N) is 1. The molecular formula is C22H14BrCl4N3O3. The van der Waals surface area contributed by atoms with Crippen molar-refractivity contribution in [2.45, 2.75) is 13.2 Å². The second-order valence-electron chi connectivity index (χ2n) is 6.86. The minimum atomic E-state index is -0.457. The molecule has 1 N–H and O–H groups in total. The number of anilines is 1. The maximum atomic E-state index is 12.6. The second kappa shape index (κ2) is 10.4. The van der Waals surface area contributed by atoms with Crippen molar-refractivity contribution in [3.8, 4) is 5.75 Å². The Hall–Kier alpha value is -2.16. The molecule has 0 spiro atoms. The number of nitrogens with zero attached hydrogens (tertiary/aromatic N) is 2. The lowest BCUT2D eigenvalue weighted by Crippen LogP contribution is -2.12. The van der Waals surface area contributed by atoms with Crippen molar-refractivity contribution >= 4 is 74.1 Å². The zero-order chi connectivity index (χ0) is 23.5. The highest BCUT2D eigenvalue weighted by Crippen LogP contribution is 2.36. The molecule has 0 aliphatic heterocycles. The van der Waals surface area contributed by atoms with Gasteiger partial charge < -0.3 is 14.5 Å². The van der Waals surface area contributed by atoms with E-state index in [-0.39, 0.29) is 28.2 Å². The highest BCUT2D eigenvalue weighted by Gasteiger charge is 2.17. The molecule has 0 aliphatic rings. The Morgan fingerprint density at radius 2 is 1.73 bits per heavy atom. The predicted octanol–water partition coefficient (Wildman–Crippen LogP) is 7.73. The Bertz CT molecular complexity index is 1280.